The molecule has 27 heavy (non-hydrogen) atoms. The minimum atomic E-state index is 0.781. The predicted octanol–water partition coefficient (Wildman–Crippen LogP) is 5.30. The zero-order valence-electron chi connectivity index (χ0n) is 15.5. The summed E-state index contributed by atoms with van der Waals surface area (Å²) < 4.78 is 3.47. The van der Waals surface area contributed by atoms with Crippen LogP contribution in [0.2, 0.25) is 0 Å². The van der Waals surface area contributed by atoms with Crippen LogP contribution in [-0.2, 0) is 6.54 Å². The lowest BCUT2D eigenvalue weighted by atomic mass is 10.2. The van der Waals surface area contributed by atoms with Crippen molar-refractivity contribution in [3.8, 4) is 0 Å². The lowest BCUT2D eigenvalue weighted by molar-refractivity contribution is 0.789. The van der Waals surface area contributed by atoms with Crippen LogP contribution < -0.4 is 4.80 Å². The predicted molar refractivity (Wildman–Crippen MR) is 114 cm³/mol. The van der Waals surface area contributed by atoms with E-state index in [-0.39, 0.29) is 0 Å². The fraction of sp³-hybridized carbons (Fsp3) is 0.130. The number of nitrogens with zero attached hydrogens (tertiary/aromatic N) is 3. The van der Waals surface area contributed by atoms with E-state index in [4.69, 9.17) is 0 Å². The van der Waals surface area contributed by atoms with Gasteiger partial charge in [-0.1, -0.05) is 77.6 Å². The molecule has 4 rings (SSSR count). The van der Waals surface area contributed by atoms with Crippen molar-refractivity contribution < 1.29 is 0 Å². The summed E-state index contributed by atoms with van der Waals surface area (Å²) in [6, 6.07) is 25.3. The van der Waals surface area contributed by atoms with Gasteiger partial charge in [-0.3, -0.25) is 0 Å². The Morgan fingerprint density at radius 2 is 1.63 bits per heavy atom. The summed E-state index contributed by atoms with van der Waals surface area (Å²) in [6.45, 7) is 4.98. The lowest BCUT2D eigenvalue weighted by Crippen LogP contribution is -2.15. The number of hydrogen-bond acceptors (Lipinski definition) is 3. The van der Waals surface area contributed by atoms with Gasteiger partial charge in [0.05, 0.1) is 23.0 Å². The van der Waals surface area contributed by atoms with Crippen molar-refractivity contribution in [3.05, 3.63) is 99.9 Å². The van der Waals surface area contributed by atoms with Gasteiger partial charge < -0.3 is 4.57 Å². The van der Waals surface area contributed by atoms with Crippen molar-refractivity contribution in [2.24, 2.45) is 10.2 Å². The Morgan fingerprint density at radius 3 is 2.41 bits per heavy atom. The molecule has 0 aliphatic rings. The number of hydrogen-bond donors (Lipinski definition) is 0. The summed E-state index contributed by atoms with van der Waals surface area (Å²) in [6.07, 6.45) is 1.81. The molecule has 0 aliphatic heterocycles. The second-order valence-corrected chi connectivity index (χ2v) is 7.69. The van der Waals surface area contributed by atoms with Gasteiger partial charge in [0.25, 0.3) is 0 Å². The van der Waals surface area contributed by atoms with Crippen molar-refractivity contribution >= 4 is 27.8 Å². The Bertz CT molecular complexity index is 1150. The third-order valence-corrected chi connectivity index (χ3v) is 5.48. The highest BCUT2D eigenvalue weighted by Gasteiger charge is 2.07. The summed E-state index contributed by atoms with van der Waals surface area (Å²) in [5.41, 5.74) is 5.99. The van der Waals surface area contributed by atoms with Gasteiger partial charge in [0.2, 0.25) is 4.80 Å². The number of thiazole rings is 1. The zero-order chi connectivity index (χ0) is 18.6. The minimum absolute atomic E-state index is 0.781. The van der Waals surface area contributed by atoms with E-state index in [0.29, 0.717) is 0 Å². The van der Waals surface area contributed by atoms with Crippen molar-refractivity contribution in [1.82, 2.24) is 4.57 Å². The maximum absolute atomic E-state index is 4.54. The molecule has 0 amide bonds. The second-order valence-electron chi connectivity index (χ2n) is 6.68. The van der Waals surface area contributed by atoms with E-state index in [1.165, 1.54) is 26.9 Å². The van der Waals surface area contributed by atoms with Crippen LogP contribution in [0.5, 0.6) is 0 Å². The molecule has 0 fully saturated rings. The van der Waals surface area contributed by atoms with Crippen LogP contribution in [-0.4, -0.2) is 10.8 Å². The number of aryl methyl sites for hydroxylation is 2. The fourth-order valence-corrected chi connectivity index (χ4v) is 4.06. The van der Waals surface area contributed by atoms with Crippen molar-refractivity contribution in [2.75, 3.05) is 0 Å². The van der Waals surface area contributed by atoms with Gasteiger partial charge in [0.1, 0.15) is 0 Å². The van der Waals surface area contributed by atoms with Crippen LogP contribution in [0.25, 0.3) is 10.2 Å². The molecule has 3 aromatic carbocycles. The van der Waals surface area contributed by atoms with E-state index in [0.717, 1.165) is 16.9 Å². The zero-order valence-corrected chi connectivity index (χ0v) is 16.3. The van der Waals surface area contributed by atoms with Crippen molar-refractivity contribution in [3.63, 3.8) is 0 Å². The minimum Gasteiger partial charge on any atom is -0.311 e. The normalized spacial score (nSPS) is 12.3. The van der Waals surface area contributed by atoms with Crippen LogP contribution in [0, 0.1) is 13.8 Å². The van der Waals surface area contributed by atoms with Gasteiger partial charge in [0.15, 0.2) is 0 Å². The molecular weight excluding hydrogens is 350 g/mol. The Morgan fingerprint density at radius 1 is 0.889 bits per heavy atom. The van der Waals surface area contributed by atoms with Gasteiger partial charge in [-0.05, 0) is 42.7 Å². The van der Waals surface area contributed by atoms with Gasteiger partial charge in [-0.15, -0.1) is 5.10 Å². The third-order valence-electron chi connectivity index (χ3n) is 4.45. The van der Waals surface area contributed by atoms with Crippen LogP contribution in [0.4, 0.5) is 0 Å². The number of aromatic nitrogens is 1. The van der Waals surface area contributed by atoms with Gasteiger partial charge in [-0.25, -0.2) is 0 Å². The third kappa shape index (κ3) is 4.07. The maximum atomic E-state index is 4.54. The van der Waals surface area contributed by atoms with E-state index in [1.807, 2.05) is 12.3 Å². The molecule has 0 aliphatic carbocycles. The maximum Gasteiger partial charge on any atom is 0.211 e. The highest BCUT2D eigenvalue weighted by Crippen LogP contribution is 2.20. The van der Waals surface area contributed by atoms with Crippen LogP contribution in [0.3, 0.4) is 0 Å². The molecule has 1 aromatic heterocycles. The van der Waals surface area contributed by atoms with Crippen molar-refractivity contribution in [1.29, 1.82) is 0 Å². The molecule has 0 saturated heterocycles. The highest BCUT2D eigenvalue weighted by atomic mass is 32.1. The van der Waals surface area contributed by atoms with Gasteiger partial charge in [0, 0.05) is 0 Å². The van der Waals surface area contributed by atoms with E-state index < -0.39 is 0 Å². The van der Waals surface area contributed by atoms with Gasteiger partial charge in [-0.2, -0.15) is 5.10 Å². The first-order valence-corrected chi connectivity index (χ1v) is 9.78. The Balaban J connectivity index is 1.76. The smallest absolute Gasteiger partial charge is 0.211 e. The first-order chi connectivity index (χ1) is 13.2. The summed E-state index contributed by atoms with van der Waals surface area (Å²) in [4.78, 5) is 0.905. The number of fused-ring (bicyclic) bond motifs is 1. The van der Waals surface area contributed by atoms with Crippen molar-refractivity contribution in [2.45, 2.75) is 20.4 Å². The van der Waals surface area contributed by atoms with Crippen LogP contribution in [0.15, 0.2) is 83.0 Å². The molecule has 1 heterocycles. The van der Waals surface area contributed by atoms with Crippen LogP contribution >= 0.6 is 11.3 Å². The first-order valence-electron chi connectivity index (χ1n) is 8.97. The van der Waals surface area contributed by atoms with E-state index in [2.05, 4.69) is 95.3 Å². The Kier molecular flexibility index (Phi) is 4.99. The second kappa shape index (κ2) is 7.72. The topological polar surface area (TPSA) is 29.6 Å². The molecule has 0 bridgehead atoms. The van der Waals surface area contributed by atoms with Gasteiger partial charge >= 0.3 is 0 Å². The molecule has 134 valence electrons. The molecular formula is C23H21N3S. The molecule has 4 aromatic rings. The lowest BCUT2D eigenvalue weighted by Gasteiger charge is -2.05. The molecule has 0 N–H and O–H groups in total. The number of rotatable bonds is 4. The van der Waals surface area contributed by atoms with E-state index in [9.17, 15) is 0 Å². The molecule has 4 heteroatoms. The first kappa shape index (κ1) is 17.4. The summed E-state index contributed by atoms with van der Waals surface area (Å²) in [5, 5.41) is 8.89. The SMILES string of the molecule is Cc1ccc(/C=N/N=c2\sc3cc(C)ccc3n2Cc2ccccc2)cc1. The quantitative estimate of drug-likeness (QED) is 0.344. The molecule has 3 nitrogen and oxygen atoms in total. The molecule has 0 unspecified atom stereocenters. The average molecular weight is 372 g/mol. The average Bonchev–Trinajstić information content (AvgIpc) is 3.00. The summed E-state index contributed by atoms with van der Waals surface area (Å²) >= 11 is 1.68. The monoisotopic (exact) mass is 371 g/mol. The molecule has 0 atom stereocenters. The molecule has 0 saturated carbocycles. The summed E-state index contributed by atoms with van der Waals surface area (Å²) in [7, 11) is 0. The Labute approximate surface area is 163 Å². The molecule has 0 spiro atoms. The molecule has 0 radical (unpaired) electrons. The highest BCUT2D eigenvalue weighted by molar-refractivity contribution is 7.16. The van der Waals surface area contributed by atoms with Crippen LogP contribution in [0.1, 0.15) is 22.3 Å². The largest absolute Gasteiger partial charge is 0.311 e. The summed E-state index contributed by atoms with van der Waals surface area (Å²) in [5.74, 6) is 0. The standard InChI is InChI=1S/C23H21N3S/c1-17-8-11-19(12-9-17)15-24-25-23-26(16-20-6-4-3-5-7-20)21-13-10-18(2)14-22(21)27-23/h3-15H,16H2,1-2H3/b24-15+,25-23-. The Hall–Kier alpha value is -2.98. The number of benzene rings is 3. The van der Waals surface area contributed by atoms with E-state index >= 15 is 0 Å². The van der Waals surface area contributed by atoms with E-state index in [1.54, 1.807) is 11.3 Å². The fourth-order valence-electron chi connectivity index (χ4n) is 2.97.